The van der Waals surface area contributed by atoms with Crippen molar-refractivity contribution in [1.82, 2.24) is 10.4 Å². The second-order valence-electron chi connectivity index (χ2n) is 6.36. The molecular formula is C18H15F3N4O2S. The molecular weight excluding hydrogens is 393 g/mol. The summed E-state index contributed by atoms with van der Waals surface area (Å²) < 4.78 is 62.7. The molecule has 0 fully saturated rings. The number of nitrogens with zero attached hydrogens (tertiary/aromatic N) is 1. The van der Waals surface area contributed by atoms with Crippen molar-refractivity contribution in [1.29, 1.82) is 0 Å². The number of nitrogens with two attached hydrogens (primary N) is 1. The number of benzene rings is 2. The number of anilines is 1. The van der Waals surface area contributed by atoms with E-state index in [4.69, 9.17) is 5.14 Å². The first-order valence-corrected chi connectivity index (χ1v) is 9.73. The van der Waals surface area contributed by atoms with Gasteiger partial charge in [-0.15, -0.1) is 0 Å². The third kappa shape index (κ3) is 3.32. The third-order valence-electron chi connectivity index (χ3n) is 4.46. The van der Waals surface area contributed by atoms with Crippen LogP contribution in [0, 0.1) is 0 Å². The van der Waals surface area contributed by atoms with E-state index in [1.165, 1.54) is 29.3 Å². The molecule has 2 aromatic carbocycles. The molecule has 2 heterocycles. The molecule has 1 aliphatic rings. The van der Waals surface area contributed by atoms with E-state index in [2.05, 4.69) is 10.4 Å². The summed E-state index contributed by atoms with van der Waals surface area (Å²) in [4.78, 5) is 3.01. The minimum Gasteiger partial charge on any atom is -0.356 e. The predicted octanol–water partition coefficient (Wildman–Crippen LogP) is 3.33. The number of fused-ring (bicyclic) bond motifs is 1. The molecule has 0 radical (unpaired) electrons. The van der Waals surface area contributed by atoms with Crippen LogP contribution in [0.25, 0.3) is 10.9 Å². The van der Waals surface area contributed by atoms with Crippen molar-refractivity contribution in [3.63, 3.8) is 0 Å². The number of primary sulfonamides is 1. The first-order valence-electron chi connectivity index (χ1n) is 8.18. The lowest BCUT2D eigenvalue weighted by atomic mass is 10.1. The number of para-hydroxylation sites is 1. The van der Waals surface area contributed by atoms with Crippen molar-refractivity contribution in [2.24, 2.45) is 5.14 Å². The topological polar surface area (TPSA) is 91.2 Å². The van der Waals surface area contributed by atoms with Gasteiger partial charge in [0.05, 0.1) is 10.6 Å². The van der Waals surface area contributed by atoms with Crippen molar-refractivity contribution in [3.05, 3.63) is 72.1 Å². The average molecular weight is 408 g/mol. The molecule has 0 saturated carbocycles. The van der Waals surface area contributed by atoms with Gasteiger partial charge in [-0.1, -0.05) is 18.2 Å². The van der Waals surface area contributed by atoms with Gasteiger partial charge in [0, 0.05) is 11.2 Å². The maximum absolute atomic E-state index is 13.3. The number of rotatable bonds is 3. The first kappa shape index (κ1) is 18.4. The highest BCUT2D eigenvalue weighted by Crippen LogP contribution is 2.38. The fourth-order valence-corrected chi connectivity index (χ4v) is 3.65. The first-order chi connectivity index (χ1) is 13.1. The SMILES string of the molecule is NS(=O)(=O)c1ccc(N2NC(C(F)(F)F)=CC2c2cc3ccccc3[nH]2)cc1. The van der Waals surface area contributed by atoms with Crippen molar-refractivity contribution < 1.29 is 21.6 Å². The van der Waals surface area contributed by atoms with Crippen LogP contribution in [0.1, 0.15) is 11.7 Å². The molecule has 10 heteroatoms. The van der Waals surface area contributed by atoms with E-state index in [0.29, 0.717) is 11.4 Å². The van der Waals surface area contributed by atoms with Crippen LogP contribution >= 0.6 is 0 Å². The number of hydrazine groups is 1. The van der Waals surface area contributed by atoms with Crippen LogP contribution in [0.4, 0.5) is 18.9 Å². The summed E-state index contributed by atoms with van der Waals surface area (Å²) in [7, 11) is -3.90. The van der Waals surface area contributed by atoms with Crippen LogP contribution in [0.2, 0.25) is 0 Å². The van der Waals surface area contributed by atoms with Gasteiger partial charge in [0.2, 0.25) is 10.0 Å². The number of sulfonamides is 1. The summed E-state index contributed by atoms with van der Waals surface area (Å²) in [6.07, 6.45) is -3.47. The maximum atomic E-state index is 13.3. The minimum atomic E-state index is -4.56. The van der Waals surface area contributed by atoms with Gasteiger partial charge in [-0.25, -0.2) is 13.6 Å². The number of allylic oxidation sites excluding steroid dienone is 1. The van der Waals surface area contributed by atoms with E-state index in [1.54, 1.807) is 6.07 Å². The third-order valence-corrected chi connectivity index (χ3v) is 5.39. The van der Waals surface area contributed by atoms with Crippen LogP contribution in [0.15, 0.2) is 71.3 Å². The Hall–Kier alpha value is -2.98. The molecule has 0 spiro atoms. The van der Waals surface area contributed by atoms with E-state index in [-0.39, 0.29) is 4.90 Å². The minimum absolute atomic E-state index is 0.124. The van der Waals surface area contributed by atoms with Gasteiger partial charge in [0.1, 0.15) is 11.7 Å². The van der Waals surface area contributed by atoms with Crippen molar-refractivity contribution in [2.45, 2.75) is 17.1 Å². The van der Waals surface area contributed by atoms with Gasteiger partial charge in [0.15, 0.2) is 0 Å². The van der Waals surface area contributed by atoms with E-state index >= 15 is 0 Å². The van der Waals surface area contributed by atoms with Crippen LogP contribution in [0.3, 0.4) is 0 Å². The Morgan fingerprint density at radius 1 is 1.04 bits per heavy atom. The molecule has 28 heavy (non-hydrogen) atoms. The highest BCUT2D eigenvalue weighted by molar-refractivity contribution is 7.89. The van der Waals surface area contributed by atoms with Gasteiger partial charge in [-0.05, 0) is 47.9 Å². The molecule has 1 atom stereocenters. The van der Waals surface area contributed by atoms with Gasteiger partial charge in [-0.2, -0.15) is 13.2 Å². The molecule has 4 rings (SSSR count). The summed E-state index contributed by atoms with van der Waals surface area (Å²) in [6, 6.07) is 13.7. The summed E-state index contributed by atoms with van der Waals surface area (Å²) in [6.45, 7) is 0. The molecule has 146 valence electrons. The molecule has 1 aliphatic heterocycles. The summed E-state index contributed by atoms with van der Waals surface area (Å²) in [5.74, 6) is 0. The van der Waals surface area contributed by atoms with Gasteiger partial charge in [-0.3, -0.25) is 10.4 Å². The number of hydrogen-bond acceptors (Lipinski definition) is 4. The number of nitrogens with one attached hydrogen (secondary N) is 2. The summed E-state index contributed by atoms with van der Waals surface area (Å²) >= 11 is 0. The second kappa shape index (κ2) is 6.28. The van der Waals surface area contributed by atoms with Gasteiger partial charge in [0.25, 0.3) is 0 Å². The monoisotopic (exact) mass is 408 g/mol. The van der Waals surface area contributed by atoms with Gasteiger partial charge < -0.3 is 4.98 Å². The van der Waals surface area contributed by atoms with E-state index in [9.17, 15) is 21.6 Å². The molecule has 0 amide bonds. The van der Waals surface area contributed by atoms with Crippen LogP contribution in [-0.2, 0) is 10.0 Å². The number of H-pyrrole nitrogens is 1. The molecule has 0 aliphatic carbocycles. The predicted molar refractivity (Wildman–Crippen MR) is 98.6 cm³/mol. The van der Waals surface area contributed by atoms with Gasteiger partial charge >= 0.3 is 6.18 Å². The lowest BCUT2D eigenvalue weighted by Crippen LogP contribution is -2.37. The number of alkyl halides is 3. The summed E-state index contributed by atoms with van der Waals surface area (Å²) in [5, 5.41) is 7.27. The van der Waals surface area contributed by atoms with Crippen LogP contribution in [-0.4, -0.2) is 19.6 Å². The van der Waals surface area contributed by atoms with Crippen molar-refractivity contribution >= 4 is 26.6 Å². The Morgan fingerprint density at radius 2 is 1.71 bits per heavy atom. The Labute approximate surface area is 158 Å². The molecule has 1 unspecified atom stereocenters. The second-order valence-corrected chi connectivity index (χ2v) is 7.92. The number of aromatic nitrogens is 1. The Kier molecular flexibility index (Phi) is 4.12. The zero-order valence-electron chi connectivity index (χ0n) is 14.2. The highest BCUT2D eigenvalue weighted by Gasteiger charge is 2.41. The maximum Gasteiger partial charge on any atom is 0.432 e. The summed E-state index contributed by atoms with van der Waals surface area (Å²) in [5.41, 5.74) is 3.18. The lowest BCUT2D eigenvalue weighted by molar-refractivity contribution is -0.0958. The van der Waals surface area contributed by atoms with Crippen molar-refractivity contribution in [2.75, 3.05) is 5.01 Å². The molecule has 1 aromatic heterocycles. The van der Waals surface area contributed by atoms with E-state index < -0.39 is 27.9 Å². The van der Waals surface area contributed by atoms with Crippen LogP contribution in [0.5, 0.6) is 0 Å². The number of aromatic amines is 1. The Bertz CT molecular complexity index is 1130. The molecule has 6 nitrogen and oxygen atoms in total. The zero-order valence-corrected chi connectivity index (χ0v) is 15.1. The normalized spacial score (nSPS) is 17.6. The van der Waals surface area contributed by atoms with Crippen molar-refractivity contribution in [3.8, 4) is 0 Å². The smallest absolute Gasteiger partial charge is 0.356 e. The quantitative estimate of drug-likeness (QED) is 0.620. The fourth-order valence-electron chi connectivity index (χ4n) is 3.13. The Balaban J connectivity index is 1.76. The Morgan fingerprint density at radius 3 is 2.32 bits per heavy atom. The molecule has 4 N–H and O–H groups in total. The molecule has 0 saturated heterocycles. The fraction of sp³-hybridized carbons (Fsp3) is 0.111. The number of halogens is 3. The lowest BCUT2D eigenvalue weighted by Gasteiger charge is -2.27. The largest absolute Gasteiger partial charge is 0.432 e. The van der Waals surface area contributed by atoms with Crippen LogP contribution < -0.4 is 15.6 Å². The zero-order chi connectivity index (χ0) is 20.1. The van der Waals surface area contributed by atoms with E-state index in [0.717, 1.165) is 17.0 Å². The molecule has 3 aromatic rings. The number of hydrogen-bond donors (Lipinski definition) is 3. The van der Waals surface area contributed by atoms with E-state index in [1.807, 2.05) is 24.3 Å². The average Bonchev–Trinajstić information content (AvgIpc) is 3.25. The standard InChI is InChI=1S/C18H15F3N4O2S/c19-18(20,21)17-10-16(15-9-11-3-1-2-4-14(11)23-15)25(24-17)12-5-7-13(8-6-12)28(22,26)27/h1-10,16,23-24H,(H2,22,26,27). The molecule has 0 bridgehead atoms. The highest BCUT2D eigenvalue weighted by atomic mass is 32.2.